The molecule has 6 rings (SSSR count). The van der Waals surface area contributed by atoms with Gasteiger partial charge in [-0.15, -0.1) is 0 Å². The zero-order valence-electron chi connectivity index (χ0n) is 26.7. The predicted molar refractivity (Wildman–Crippen MR) is 162 cm³/mol. The fourth-order valence-electron chi connectivity index (χ4n) is 11.7. The fraction of sp³-hybridized carbons (Fsp3) is 0.750. The van der Waals surface area contributed by atoms with E-state index in [9.17, 15) is 14.7 Å². The van der Waals surface area contributed by atoms with Gasteiger partial charge in [0.1, 0.15) is 0 Å². The second kappa shape index (κ2) is 9.24. The number of ketones is 1. The van der Waals surface area contributed by atoms with Crippen LogP contribution in [0.25, 0.3) is 0 Å². The first-order valence-electron chi connectivity index (χ1n) is 16.3. The van der Waals surface area contributed by atoms with Gasteiger partial charge in [0.25, 0.3) is 5.91 Å². The molecule has 224 valence electrons. The van der Waals surface area contributed by atoms with Crippen molar-refractivity contribution in [2.45, 2.75) is 125 Å². The van der Waals surface area contributed by atoms with Crippen molar-refractivity contribution in [1.29, 1.82) is 0 Å². The Morgan fingerprint density at radius 2 is 1.71 bits per heavy atom. The number of carbonyl (C=O) groups excluding carboxylic acids is 2. The van der Waals surface area contributed by atoms with E-state index in [0.29, 0.717) is 29.7 Å². The Morgan fingerprint density at radius 3 is 2.39 bits per heavy atom. The van der Waals surface area contributed by atoms with Crippen LogP contribution in [0, 0.1) is 52.3 Å². The number of aryl methyl sites for hydroxylation is 1. The molecule has 4 fully saturated rings. The highest BCUT2D eigenvalue weighted by Crippen LogP contribution is 2.75. The van der Waals surface area contributed by atoms with Crippen molar-refractivity contribution in [3.63, 3.8) is 0 Å². The molecule has 1 aromatic heterocycles. The lowest BCUT2D eigenvalue weighted by molar-refractivity contribution is -0.226. The van der Waals surface area contributed by atoms with Crippen molar-refractivity contribution >= 4 is 11.7 Å². The summed E-state index contributed by atoms with van der Waals surface area (Å²) >= 11 is 0. The summed E-state index contributed by atoms with van der Waals surface area (Å²) in [6.07, 6.45) is 11.9. The molecule has 2 N–H and O–H groups in total. The number of carbonyl (C=O) groups is 2. The first-order valence-corrected chi connectivity index (χ1v) is 16.3. The molecule has 5 aliphatic rings. The van der Waals surface area contributed by atoms with Gasteiger partial charge in [0.15, 0.2) is 5.78 Å². The summed E-state index contributed by atoms with van der Waals surface area (Å²) in [7, 11) is 0. The van der Waals surface area contributed by atoms with Gasteiger partial charge in [-0.2, -0.15) is 0 Å². The van der Waals surface area contributed by atoms with Crippen molar-refractivity contribution in [1.82, 2.24) is 10.3 Å². The Bertz CT molecular complexity index is 1310. The monoisotopic (exact) mass is 560 g/mol. The maximum Gasteiger partial charge on any atom is 0.253 e. The van der Waals surface area contributed by atoms with Crippen molar-refractivity contribution in [3.05, 3.63) is 40.7 Å². The lowest BCUT2D eigenvalue weighted by atomic mass is 9.33. The van der Waals surface area contributed by atoms with Crippen LogP contribution in [0.4, 0.5) is 0 Å². The van der Waals surface area contributed by atoms with E-state index in [1.54, 1.807) is 12.4 Å². The van der Waals surface area contributed by atoms with Crippen molar-refractivity contribution in [2.24, 2.45) is 45.3 Å². The second-order valence-electron chi connectivity index (χ2n) is 16.3. The number of Topliss-reactive ketones (excluding diaryl/α,β-unsaturated/α-hetero) is 1. The summed E-state index contributed by atoms with van der Waals surface area (Å²) in [6, 6.07) is 1.88. The fourth-order valence-corrected chi connectivity index (χ4v) is 11.7. The molecule has 5 aliphatic carbocycles. The lowest BCUT2D eigenvalue weighted by Crippen LogP contribution is -2.67. The minimum atomic E-state index is -0.596. The summed E-state index contributed by atoms with van der Waals surface area (Å²) in [5.41, 5.74) is 3.54. The lowest BCUT2D eigenvalue weighted by Gasteiger charge is -2.72. The molecule has 0 aromatic carbocycles. The minimum Gasteiger partial charge on any atom is -0.393 e. The summed E-state index contributed by atoms with van der Waals surface area (Å²) in [5.74, 6) is 1.68. The molecule has 4 saturated carbocycles. The second-order valence-corrected chi connectivity index (χ2v) is 16.3. The predicted octanol–water partition coefficient (Wildman–Crippen LogP) is 7.21. The van der Waals surface area contributed by atoms with Crippen LogP contribution in [-0.2, 0) is 4.79 Å². The van der Waals surface area contributed by atoms with E-state index in [1.807, 2.05) is 13.0 Å². The van der Waals surface area contributed by atoms with Gasteiger partial charge in [-0.25, -0.2) is 0 Å². The zero-order chi connectivity index (χ0) is 29.8. The maximum atomic E-state index is 13.8. The third-order valence-corrected chi connectivity index (χ3v) is 14.0. The number of fused-ring (bicyclic) bond motifs is 7. The third-order valence-electron chi connectivity index (χ3n) is 14.0. The molecule has 1 amide bonds. The van der Waals surface area contributed by atoms with Gasteiger partial charge in [-0.05, 0) is 126 Å². The van der Waals surface area contributed by atoms with Gasteiger partial charge in [0, 0.05) is 18.8 Å². The average Bonchev–Trinajstić information content (AvgIpc) is 3.19. The molecule has 4 unspecified atom stereocenters. The highest BCUT2D eigenvalue weighted by atomic mass is 16.3. The molecular weight excluding hydrogens is 508 g/mol. The summed E-state index contributed by atoms with van der Waals surface area (Å²) in [4.78, 5) is 31.8. The molecule has 1 heterocycles. The minimum absolute atomic E-state index is 0.0582. The third kappa shape index (κ3) is 3.79. The van der Waals surface area contributed by atoms with Gasteiger partial charge in [0.05, 0.1) is 17.2 Å². The number of pyridine rings is 1. The smallest absolute Gasteiger partial charge is 0.253 e. The van der Waals surface area contributed by atoms with Gasteiger partial charge in [0.2, 0.25) is 0 Å². The standard InChI is InChI=1S/C36H52N2O3/c1-21(2)29-25(39)19-36(38-31(41)23-20-37-18-13-22(23)3)17-16-34(7)24(30(29)36)9-10-27-33(6)14-12-28(40)32(4,5)26(33)11-15-35(27,34)8/h13,18,20-21,24,26-28,40H,9-12,14-17,19H2,1-8H3,(H,38,41)/t24?,26?,27-,28+,33?,34-,35-,36?/m1/s1. The number of aromatic nitrogens is 1. The van der Waals surface area contributed by atoms with Crippen LogP contribution in [0.3, 0.4) is 0 Å². The van der Waals surface area contributed by atoms with Gasteiger partial charge < -0.3 is 10.4 Å². The van der Waals surface area contributed by atoms with Crippen LogP contribution in [0.15, 0.2) is 29.6 Å². The first-order chi connectivity index (χ1) is 19.1. The molecule has 0 saturated heterocycles. The molecule has 0 radical (unpaired) electrons. The average molecular weight is 561 g/mol. The van der Waals surface area contributed by atoms with E-state index in [4.69, 9.17) is 0 Å². The molecule has 0 bridgehead atoms. The van der Waals surface area contributed by atoms with E-state index >= 15 is 0 Å². The Hall–Kier alpha value is -2.01. The molecule has 5 heteroatoms. The number of aliphatic hydroxyl groups is 1. The Labute approximate surface area is 247 Å². The number of nitrogens with one attached hydrogen (secondary N) is 1. The number of aliphatic hydroxyl groups excluding tert-OH is 1. The number of rotatable bonds is 3. The first kappa shape index (κ1) is 29.1. The summed E-state index contributed by atoms with van der Waals surface area (Å²) in [6.45, 7) is 18.6. The van der Waals surface area contributed by atoms with Crippen LogP contribution in [0.2, 0.25) is 0 Å². The van der Waals surface area contributed by atoms with Crippen LogP contribution in [-0.4, -0.2) is 33.4 Å². The summed E-state index contributed by atoms with van der Waals surface area (Å²) in [5, 5.41) is 14.5. The van der Waals surface area contributed by atoms with Gasteiger partial charge in [-0.3, -0.25) is 14.6 Å². The van der Waals surface area contributed by atoms with E-state index in [1.165, 1.54) is 12.0 Å². The number of nitrogens with zero attached hydrogens (tertiary/aromatic N) is 1. The molecule has 41 heavy (non-hydrogen) atoms. The Morgan fingerprint density at radius 1 is 0.976 bits per heavy atom. The van der Waals surface area contributed by atoms with Crippen LogP contribution >= 0.6 is 0 Å². The molecular formula is C36H52N2O3. The van der Waals surface area contributed by atoms with Crippen molar-refractivity contribution in [2.75, 3.05) is 0 Å². The summed E-state index contributed by atoms with van der Waals surface area (Å²) < 4.78 is 0. The molecule has 8 atom stereocenters. The van der Waals surface area contributed by atoms with Gasteiger partial charge >= 0.3 is 0 Å². The van der Waals surface area contributed by atoms with E-state index in [-0.39, 0.29) is 45.4 Å². The van der Waals surface area contributed by atoms with Crippen LogP contribution in [0.5, 0.6) is 0 Å². The number of hydrogen-bond donors (Lipinski definition) is 2. The highest BCUT2D eigenvalue weighted by Gasteiger charge is 2.70. The number of hydrogen-bond acceptors (Lipinski definition) is 4. The Balaban J connectivity index is 1.42. The van der Waals surface area contributed by atoms with Gasteiger partial charge in [-0.1, -0.05) is 48.5 Å². The SMILES string of the molecule is Cc1ccncc1C(=O)NC12CC[C@]3(C)C(CC[C@@H]4C5(C)CC[C@H](O)C(C)(C)C5CC[C@]43C)C1=C(C(C)C)C(=O)C2. The van der Waals surface area contributed by atoms with E-state index in [0.717, 1.165) is 56.1 Å². The number of allylic oxidation sites excluding steroid dienone is 1. The largest absolute Gasteiger partial charge is 0.393 e. The quantitative estimate of drug-likeness (QED) is 0.409. The van der Waals surface area contributed by atoms with Crippen LogP contribution in [0.1, 0.15) is 122 Å². The van der Waals surface area contributed by atoms with E-state index < -0.39 is 5.54 Å². The topological polar surface area (TPSA) is 79.3 Å². The normalized spacial score (nSPS) is 43.2. The zero-order valence-corrected chi connectivity index (χ0v) is 26.7. The molecule has 5 nitrogen and oxygen atoms in total. The highest BCUT2D eigenvalue weighted by molar-refractivity contribution is 6.03. The van der Waals surface area contributed by atoms with Crippen molar-refractivity contribution < 1.29 is 14.7 Å². The number of amides is 1. The maximum absolute atomic E-state index is 13.8. The molecule has 1 aromatic rings. The van der Waals surface area contributed by atoms with Crippen LogP contribution < -0.4 is 5.32 Å². The molecule has 0 aliphatic heterocycles. The van der Waals surface area contributed by atoms with E-state index in [2.05, 4.69) is 58.8 Å². The van der Waals surface area contributed by atoms with Crippen molar-refractivity contribution in [3.8, 4) is 0 Å². The Kier molecular flexibility index (Phi) is 6.56. The molecule has 0 spiro atoms.